The minimum atomic E-state index is -0.948. The maximum absolute atomic E-state index is 13.0. The Balaban J connectivity index is 3.25. The quantitative estimate of drug-likeness (QED) is 0.356. The Labute approximate surface area is 78.3 Å². The van der Waals surface area contributed by atoms with Crippen LogP contribution in [0.2, 0.25) is 5.02 Å². The van der Waals surface area contributed by atoms with E-state index in [9.17, 15) is 13.6 Å². The number of benzene rings is 1. The van der Waals surface area contributed by atoms with Crippen molar-refractivity contribution in [2.45, 2.75) is 0 Å². The van der Waals surface area contributed by atoms with Crippen LogP contribution in [0.25, 0.3) is 0 Å². The molecule has 0 bridgehead atoms. The molecule has 4 heteroatoms. The van der Waals surface area contributed by atoms with Gasteiger partial charge in [0.1, 0.15) is 10.8 Å². The van der Waals surface area contributed by atoms with E-state index in [0.29, 0.717) is 6.29 Å². The normalized spacial score (nSPS) is 8.85. The van der Waals surface area contributed by atoms with Gasteiger partial charge in [-0.3, -0.25) is 4.79 Å². The topological polar surface area (TPSA) is 17.1 Å². The van der Waals surface area contributed by atoms with Gasteiger partial charge in [-0.1, -0.05) is 17.5 Å². The van der Waals surface area contributed by atoms with E-state index in [-0.39, 0.29) is 5.56 Å². The summed E-state index contributed by atoms with van der Waals surface area (Å²) in [5.41, 5.74) is -0.0986. The monoisotopic (exact) mass is 200 g/mol. The standard InChI is InChI=1S/C9H3ClF2O/c10-8-7(11)4-3-6(9(8)12)2-1-5-13/h3-5H. The van der Waals surface area contributed by atoms with Gasteiger partial charge in [-0.05, 0) is 18.1 Å². The van der Waals surface area contributed by atoms with E-state index in [1.54, 1.807) is 0 Å². The minimum absolute atomic E-state index is 0.0986. The van der Waals surface area contributed by atoms with Gasteiger partial charge in [-0.2, -0.15) is 0 Å². The molecule has 0 N–H and O–H groups in total. The predicted octanol–water partition coefficient (Wildman–Crippen LogP) is 2.17. The summed E-state index contributed by atoms with van der Waals surface area (Å²) in [6, 6.07) is 2.10. The average Bonchev–Trinajstić information content (AvgIpc) is 2.13. The molecule has 0 heterocycles. The zero-order chi connectivity index (χ0) is 9.84. The molecule has 0 unspecified atom stereocenters. The number of carbonyl (C=O) groups excluding carboxylic acids is 1. The SMILES string of the molecule is O=CC#Cc1ccc(F)c(Cl)c1F. The van der Waals surface area contributed by atoms with Crippen molar-refractivity contribution in [1.82, 2.24) is 0 Å². The molecular formula is C9H3ClF2O. The van der Waals surface area contributed by atoms with Crippen LogP contribution in [0, 0.1) is 23.5 Å². The molecule has 0 aromatic heterocycles. The van der Waals surface area contributed by atoms with Gasteiger partial charge in [0.05, 0.1) is 5.56 Å². The fourth-order valence-electron chi connectivity index (χ4n) is 0.730. The summed E-state index contributed by atoms with van der Waals surface area (Å²) < 4.78 is 25.6. The Kier molecular flexibility index (Phi) is 2.99. The number of rotatable bonds is 0. The molecule has 0 saturated heterocycles. The lowest BCUT2D eigenvalue weighted by Crippen LogP contribution is -1.88. The summed E-state index contributed by atoms with van der Waals surface area (Å²) in [4.78, 5) is 9.84. The van der Waals surface area contributed by atoms with Crippen LogP contribution < -0.4 is 0 Å². The van der Waals surface area contributed by atoms with Crippen molar-refractivity contribution in [3.05, 3.63) is 34.4 Å². The first-order chi connectivity index (χ1) is 6.16. The van der Waals surface area contributed by atoms with Gasteiger partial charge in [0, 0.05) is 0 Å². The zero-order valence-electron chi connectivity index (χ0n) is 6.27. The van der Waals surface area contributed by atoms with Gasteiger partial charge in [0.15, 0.2) is 12.1 Å². The maximum atomic E-state index is 13.0. The molecule has 0 amide bonds. The lowest BCUT2D eigenvalue weighted by molar-refractivity contribution is -0.103. The van der Waals surface area contributed by atoms with Crippen molar-refractivity contribution >= 4 is 17.9 Å². The lowest BCUT2D eigenvalue weighted by atomic mass is 10.2. The van der Waals surface area contributed by atoms with Crippen molar-refractivity contribution in [3.8, 4) is 11.8 Å². The molecule has 0 atom stereocenters. The number of hydrogen-bond acceptors (Lipinski definition) is 1. The summed E-state index contributed by atoms with van der Waals surface area (Å²) >= 11 is 5.26. The molecule has 0 aliphatic carbocycles. The Morgan fingerprint density at radius 3 is 2.69 bits per heavy atom. The van der Waals surface area contributed by atoms with Gasteiger partial charge in [-0.15, -0.1) is 0 Å². The molecule has 1 aromatic carbocycles. The molecule has 0 aliphatic heterocycles. The van der Waals surface area contributed by atoms with Crippen molar-refractivity contribution in [2.24, 2.45) is 0 Å². The molecule has 1 nitrogen and oxygen atoms in total. The highest BCUT2D eigenvalue weighted by atomic mass is 35.5. The van der Waals surface area contributed by atoms with Crippen molar-refractivity contribution in [3.63, 3.8) is 0 Å². The highest BCUT2D eigenvalue weighted by Gasteiger charge is 2.09. The van der Waals surface area contributed by atoms with E-state index in [1.807, 2.05) is 5.92 Å². The molecule has 0 spiro atoms. The third-order valence-electron chi connectivity index (χ3n) is 1.30. The zero-order valence-corrected chi connectivity index (χ0v) is 7.03. The second kappa shape index (κ2) is 4.01. The van der Waals surface area contributed by atoms with E-state index < -0.39 is 16.7 Å². The van der Waals surface area contributed by atoms with Crippen LogP contribution in [0.15, 0.2) is 12.1 Å². The van der Waals surface area contributed by atoms with Crippen LogP contribution in [-0.2, 0) is 4.79 Å². The summed E-state index contributed by atoms with van der Waals surface area (Å²) in [6.45, 7) is 0. The molecular weight excluding hydrogens is 198 g/mol. The second-order valence-corrected chi connectivity index (χ2v) is 2.49. The molecule has 13 heavy (non-hydrogen) atoms. The predicted molar refractivity (Wildman–Crippen MR) is 44.3 cm³/mol. The van der Waals surface area contributed by atoms with Crippen LogP contribution in [-0.4, -0.2) is 6.29 Å². The van der Waals surface area contributed by atoms with Crippen molar-refractivity contribution in [2.75, 3.05) is 0 Å². The van der Waals surface area contributed by atoms with E-state index in [2.05, 4.69) is 5.92 Å². The summed E-state index contributed by atoms with van der Waals surface area (Å²) in [6.07, 6.45) is 0.316. The first-order valence-corrected chi connectivity index (χ1v) is 3.63. The Hall–Kier alpha value is -1.40. The average molecular weight is 201 g/mol. The highest BCUT2D eigenvalue weighted by Crippen LogP contribution is 2.20. The van der Waals surface area contributed by atoms with Gasteiger partial charge in [0.2, 0.25) is 0 Å². The molecule has 1 rings (SSSR count). The van der Waals surface area contributed by atoms with Gasteiger partial charge < -0.3 is 0 Å². The molecule has 0 fully saturated rings. The second-order valence-electron chi connectivity index (χ2n) is 2.11. The van der Waals surface area contributed by atoms with Crippen LogP contribution in [0.5, 0.6) is 0 Å². The largest absolute Gasteiger partial charge is 0.289 e. The number of hydrogen-bond donors (Lipinski definition) is 0. The minimum Gasteiger partial charge on any atom is -0.289 e. The summed E-state index contributed by atoms with van der Waals surface area (Å²) in [5, 5.41) is -0.613. The molecule has 66 valence electrons. The Morgan fingerprint density at radius 1 is 1.38 bits per heavy atom. The summed E-state index contributed by atoms with van der Waals surface area (Å²) in [5.74, 6) is 2.39. The van der Waals surface area contributed by atoms with E-state index in [4.69, 9.17) is 11.6 Å². The number of aldehydes is 1. The Morgan fingerprint density at radius 2 is 2.08 bits per heavy atom. The molecule has 1 aromatic rings. The molecule has 0 saturated carbocycles. The van der Waals surface area contributed by atoms with Crippen LogP contribution >= 0.6 is 11.6 Å². The van der Waals surface area contributed by atoms with Crippen molar-refractivity contribution in [1.29, 1.82) is 0 Å². The molecule has 0 aliphatic rings. The van der Waals surface area contributed by atoms with Crippen molar-refractivity contribution < 1.29 is 13.6 Å². The third-order valence-corrected chi connectivity index (χ3v) is 1.65. The first-order valence-electron chi connectivity index (χ1n) is 3.25. The van der Waals surface area contributed by atoms with Gasteiger partial charge in [-0.25, -0.2) is 8.78 Å². The van der Waals surface area contributed by atoms with Gasteiger partial charge in [0.25, 0.3) is 0 Å². The van der Waals surface area contributed by atoms with E-state index in [1.165, 1.54) is 0 Å². The molecule has 0 radical (unpaired) electrons. The van der Waals surface area contributed by atoms with Crippen LogP contribution in [0.1, 0.15) is 5.56 Å². The number of halogens is 3. The highest BCUT2D eigenvalue weighted by molar-refractivity contribution is 6.31. The van der Waals surface area contributed by atoms with Gasteiger partial charge >= 0.3 is 0 Å². The van der Waals surface area contributed by atoms with E-state index >= 15 is 0 Å². The van der Waals surface area contributed by atoms with Crippen LogP contribution in [0.3, 0.4) is 0 Å². The summed E-state index contributed by atoms with van der Waals surface area (Å²) in [7, 11) is 0. The maximum Gasteiger partial charge on any atom is 0.193 e. The van der Waals surface area contributed by atoms with Crippen LogP contribution in [0.4, 0.5) is 8.78 Å². The lowest BCUT2D eigenvalue weighted by Gasteiger charge is -1.97. The van der Waals surface area contributed by atoms with E-state index in [0.717, 1.165) is 12.1 Å². The number of carbonyl (C=O) groups is 1. The fraction of sp³-hybridized carbons (Fsp3) is 0. The smallest absolute Gasteiger partial charge is 0.193 e. The third kappa shape index (κ3) is 2.04. The fourth-order valence-corrected chi connectivity index (χ4v) is 0.894. The Bertz CT molecular complexity index is 404. The first kappa shape index (κ1) is 9.69.